The third kappa shape index (κ3) is 2.83. The Morgan fingerprint density at radius 3 is 2.60 bits per heavy atom. The van der Waals surface area contributed by atoms with Crippen molar-refractivity contribution in [3.05, 3.63) is 24.4 Å². The van der Waals surface area contributed by atoms with Crippen LogP contribution in [0.5, 0.6) is 0 Å². The molecule has 2 nitrogen and oxygen atoms in total. The third-order valence-corrected chi connectivity index (χ3v) is 0.863. The first-order valence-corrected chi connectivity index (χ1v) is 2.97. The van der Waals surface area contributed by atoms with Crippen LogP contribution in [0.4, 0.5) is 0 Å². The monoisotopic (exact) mass is 134 g/mol. The van der Waals surface area contributed by atoms with E-state index in [4.69, 9.17) is 5.26 Å². The molecular weight excluding hydrogens is 124 g/mol. The Balaban J connectivity index is 4.38. The lowest BCUT2D eigenvalue weighted by Crippen LogP contribution is -1.92. The van der Waals surface area contributed by atoms with Gasteiger partial charge in [-0.05, 0) is 19.4 Å². The van der Waals surface area contributed by atoms with Crippen LogP contribution >= 0.6 is 0 Å². The second-order valence-corrected chi connectivity index (χ2v) is 1.85. The van der Waals surface area contributed by atoms with Crippen molar-refractivity contribution in [2.75, 3.05) is 0 Å². The summed E-state index contributed by atoms with van der Waals surface area (Å²) in [5, 5.41) is 8.45. The molecular formula is C8H10N2. The molecule has 0 atom stereocenters. The van der Waals surface area contributed by atoms with Crippen LogP contribution in [0.1, 0.15) is 13.8 Å². The Bertz CT molecular complexity index is 216. The first-order valence-electron chi connectivity index (χ1n) is 2.97. The third-order valence-electron chi connectivity index (χ3n) is 0.863. The molecule has 0 amide bonds. The first kappa shape index (κ1) is 8.64. The van der Waals surface area contributed by atoms with Gasteiger partial charge in [-0.25, -0.2) is 4.99 Å². The van der Waals surface area contributed by atoms with Crippen LogP contribution in [0.25, 0.3) is 0 Å². The highest BCUT2D eigenvalue weighted by Crippen LogP contribution is 1.92. The van der Waals surface area contributed by atoms with Gasteiger partial charge in [-0.2, -0.15) is 5.26 Å². The van der Waals surface area contributed by atoms with Gasteiger partial charge in [0, 0.05) is 6.20 Å². The Morgan fingerprint density at radius 1 is 1.70 bits per heavy atom. The normalized spacial score (nSPS) is 11.5. The second kappa shape index (κ2) is 4.51. The molecule has 10 heavy (non-hydrogen) atoms. The fourth-order valence-corrected chi connectivity index (χ4v) is 0.384. The molecule has 0 bridgehead atoms. The summed E-state index contributed by atoms with van der Waals surface area (Å²) in [4.78, 5) is 3.84. The maximum atomic E-state index is 8.45. The van der Waals surface area contributed by atoms with Crippen molar-refractivity contribution in [2.45, 2.75) is 13.8 Å². The Morgan fingerprint density at radius 2 is 2.30 bits per heavy atom. The lowest BCUT2D eigenvalue weighted by Gasteiger charge is -1.88. The van der Waals surface area contributed by atoms with Crippen LogP contribution < -0.4 is 0 Å². The second-order valence-electron chi connectivity index (χ2n) is 1.85. The van der Waals surface area contributed by atoms with E-state index >= 15 is 0 Å². The summed E-state index contributed by atoms with van der Waals surface area (Å²) in [6.45, 7) is 7.19. The van der Waals surface area contributed by atoms with Crippen LogP contribution in [0.15, 0.2) is 29.4 Å². The molecule has 0 aromatic rings. The van der Waals surface area contributed by atoms with Crippen molar-refractivity contribution < 1.29 is 0 Å². The zero-order chi connectivity index (χ0) is 7.98. The lowest BCUT2D eigenvalue weighted by molar-refractivity contribution is 1.46. The number of allylic oxidation sites excluding steroid dienone is 2. The van der Waals surface area contributed by atoms with Crippen molar-refractivity contribution in [2.24, 2.45) is 4.99 Å². The predicted molar refractivity (Wildman–Crippen MR) is 42.7 cm³/mol. The first-order chi connectivity index (χ1) is 4.72. The molecule has 0 aliphatic carbocycles. The molecule has 2 heteroatoms. The van der Waals surface area contributed by atoms with Gasteiger partial charge in [-0.3, -0.25) is 0 Å². The Hall–Kier alpha value is -1.36. The number of hydrogen-bond acceptors (Lipinski definition) is 2. The topological polar surface area (TPSA) is 36.1 Å². The highest BCUT2D eigenvalue weighted by Gasteiger charge is 1.93. The van der Waals surface area contributed by atoms with E-state index in [1.807, 2.05) is 13.0 Å². The van der Waals surface area contributed by atoms with Gasteiger partial charge in [0.15, 0.2) is 0 Å². The van der Waals surface area contributed by atoms with E-state index in [1.54, 1.807) is 19.2 Å². The number of nitriles is 1. The van der Waals surface area contributed by atoms with E-state index in [1.165, 1.54) is 0 Å². The smallest absolute Gasteiger partial charge is 0.142 e. The molecule has 0 aliphatic heterocycles. The minimum absolute atomic E-state index is 0.387. The van der Waals surface area contributed by atoms with E-state index in [-0.39, 0.29) is 0 Å². The molecule has 0 fully saturated rings. The maximum absolute atomic E-state index is 8.45. The Labute approximate surface area is 61.2 Å². The number of hydrogen-bond donors (Lipinski definition) is 0. The zero-order valence-corrected chi connectivity index (χ0v) is 6.26. The van der Waals surface area contributed by atoms with Crippen molar-refractivity contribution in [3.8, 4) is 6.07 Å². The lowest BCUT2D eigenvalue weighted by atomic mass is 10.2. The molecule has 0 aromatic carbocycles. The summed E-state index contributed by atoms with van der Waals surface area (Å²) < 4.78 is 0. The average molecular weight is 134 g/mol. The SMILES string of the molecule is C=C(C)C(C#N)=NC=CC. The van der Waals surface area contributed by atoms with Crippen molar-refractivity contribution >= 4 is 5.71 Å². The standard InChI is InChI=1S/C8H10N2/c1-4-5-10-8(6-9)7(2)3/h4-5H,2H2,1,3H3. The fraction of sp³-hybridized carbons (Fsp3) is 0.250. The highest BCUT2D eigenvalue weighted by molar-refractivity contribution is 6.10. The van der Waals surface area contributed by atoms with E-state index in [0.717, 1.165) is 0 Å². The average Bonchev–Trinajstić information content (AvgIpc) is 1.89. The van der Waals surface area contributed by atoms with Gasteiger partial charge in [0.2, 0.25) is 0 Å². The summed E-state index contributed by atoms with van der Waals surface area (Å²) in [7, 11) is 0. The molecule has 0 heterocycles. The van der Waals surface area contributed by atoms with Gasteiger partial charge >= 0.3 is 0 Å². The highest BCUT2D eigenvalue weighted by atomic mass is 14.7. The molecule has 0 aliphatic rings. The van der Waals surface area contributed by atoms with Gasteiger partial charge in [0.25, 0.3) is 0 Å². The van der Waals surface area contributed by atoms with Crippen molar-refractivity contribution in [3.63, 3.8) is 0 Å². The van der Waals surface area contributed by atoms with Crippen LogP contribution in [0.3, 0.4) is 0 Å². The quantitative estimate of drug-likeness (QED) is 0.532. The molecule has 0 aromatic heterocycles. The molecule has 0 unspecified atom stereocenters. The molecule has 0 spiro atoms. The van der Waals surface area contributed by atoms with Gasteiger partial charge in [0.05, 0.1) is 0 Å². The van der Waals surface area contributed by atoms with Gasteiger partial charge in [-0.1, -0.05) is 12.7 Å². The summed E-state index contributed by atoms with van der Waals surface area (Å²) in [6.07, 6.45) is 3.34. The summed E-state index contributed by atoms with van der Waals surface area (Å²) in [6, 6.07) is 1.94. The molecule has 0 rings (SSSR count). The van der Waals surface area contributed by atoms with E-state index in [9.17, 15) is 0 Å². The maximum Gasteiger partial charge on any atom is 0.142 e. The van der Waals surface area contributed by atoms with Gasteiger partial charge < -0.3 is 0 Å². The summed E-state index contributed by atoms with van der Waals surface area (Å²) in [5.41, 5.74) is 1.08. The van der Waals surface area contributed by atoms with Gasteiger partial charge in [-0.15, -0.1) is 0 Å². The molecule has 0 radical (unpaired) electrons. The van der Waals surface area contributed by atoms with Gasteiger partial charge in [0.1, 0.15) is 11.8 Å². The predicted octanol–water partition coefficient (Wildman–Crippen LogP) is 2.06. The number of aliphatic imine (C=N–C) groups is 1. The zero-order valence-electron chi connectivity index (χ0n) is 6.26. The van der Waals surface area contributed by atoms with Crippen molar-refractivity contribution in [1.82, 2.24) is 0 Å². The van der Waals surface area contributed by atoms with Crippen LogP contribution in [-0.2, 0) is 0 Å². The minimum Gasteiger partial charge on any atom is -0.246 e. The minimum atomic E-state index is 0.387. The molecule has 52 valence electrons. The number of nitrogens with zero attached hydrogens (tertiary/aromatic N) is 2. The van der Waals surface area contributed by atoms with E-state index in [0.29, 0.717) is 11.3 Å². The fourth-order valence-electron chi connectivity index (χ4n) is 0.384. The number of rotatable bonds is 2. The van der Waals surface area contributed by atoms with E-state index in [2.05, 4.69) is 11.6 Å². The van der Waals surface area contributed by atoms with Crippen LogP contribution in [-0.4, -0.2) is 5.71 Å². The molecule has 0 N–H and O–H groups in total. The largest absolute Gasteiger partial charge is 0.246 e. The van der Waals surface area contributed by atoms with Crippen LogP contribution in [0, 0.1) is 11.3 Å². The van der Waals surface area contributed by atoms with Crippen LogP contribution in [0.2, 0.25) is 0 Å². The Kier molecular flexibility index (Phi) is 3.90. The molecule has 0 saturated carbocycles. The summed E-state index contributed by atoms with van der Waals surface area (Å²) >= 11 is 0. The summed E-state index contributed by atoms with van der Waals surface area (Å²) in [5.74, 6) is 0. The van der Waals surface area contributed by atoms with E-state index < -0.39 is 0 Å². The molecule has 0 saturated heterocycles. The van der Waals surface area contributed by atoms with Crippen molar-refractivity contribution in [1.29, 1.82) is 5.26 Å².